The van der Waals surface area contributed by atoms with Gasteiger partial charge in [-0.2, -0.15) is 0 Å². The first-order valence-corrected chi connectivity index (χ1v) is 13.9. The van der Waals surface area contributed by atoms with E-state index < -0.39 is 5.60 Å². The highest BCUT2D eigenvalue weighted by Gasteiger charge is 2.55. The third-order valence-corrected chi connectivity index (χ3v) is 8.08. The summed E-state index contributed by atoms with van der Waals surface area (Å²) in [6.07, 6.45) is 0. The van der Waals surface area contributed by atoms with Crippen LogP contribution in [0.5, 0.6) is 11.5 Å². The van der Waals surface area contributed by atoms with Crippen molar-refractivity contribution in [1.29, 1.82) is 0 Å². The number of para-hydroxylation sites is 1. The van der Waals surface area contributed by atoms with E-state index in [9.17, 15) is 4.79 Å². The molecule has 0 aromatic heterocycles. The van der Waals surface area contributed by atoms with Crippen LogP contribution in [0.1, 0.15) is 56.7 Å². The zero-order chi connectivity index (χ0) is 28.1. The molecule has 2 aliphatic rings. The van der Waals surface area contributed by atoms with Gasteiger partial charge in [0.25, 0.3) is 0 Å². The standard InChI is InChI=1S/C36H30N2O3/c1-22-16-18-25(19-17-22)24(3)37-30-14-9-15-32-34(30)36(28-13-8-7-12-27(28)35(39)41-36)29-21-31(23(2)20-33(29)40-32)38-26-10-5-4-6-11-26/h4-21,24,37-38H,1-3H3. The molecule has 0 fully saturated rings. The lowest BCUT2D eigenvalue weighted by Gasteiger charge is -2.39. The molecule has 5 heteroatoms. The van der Waals surface area contributed by atoms with Crippen LogP contribution in [0, 0.1) is 13.8 Å². The predicted octanol–water partition coefficient (Wildman–Crippen LogP) is 8.79. The summed E-state index contributed by atoms with van der Waals surface area (Å²) < 4.78 is 13.1. The van der Waals surface area contributed by atoms with Crippen LogP contribution in [0.3, 0.4) is 0 Å². The number of nitrogens with one attached hydrogen (secondary N) is 2. The van der Waals surface area contributed by atoms with Gasteiger partial charge < -0.3 is 20.1 Å². The Morgan fingerprint density at radius 1 is 0.732 bits per heavy atom. The monoisotopic (exact) mass is 538 g/mol. The molecule has 7 rings (SSSR count). The zero-order valence-corrected chi connectivity index (χ0v) is 23.2. The quantitative estimate of drug-likeness (QED) is 0.219. The Balaban J connectivity index is 1.43. The molecule has 2 unspecified atom stereocenters. The second-order valence-corrected chi connectivity index (χ2v) is 10.8. The normalized spacial score (nSPS) is 17.1. The van der Waals surface area contributed by atoms with Crippen LogP contribution in [0.25, 0.3) is 0 Å². The summed E-state index contributed by atoms with van der Waals surface area (Å²) in [5.74, 6) is 0.979. The van der Waals surface area contributed by atoms with Crippen LogP contribution in [-0.4, -0.2) is 5.97 Å². The van der Waals surface area contributed by atoms with Crippen LogP contribution in [0.2, 0.25) is 0 Å². The van der Waals surface area contributed by atoms with Gasteiger partial charge in [-0.05, 0) is 74.4 Å². The Bertz CT molecular complexity index is 1800. The summed E-state index contributed by atoms with van der Waals surface area (Å²) >= 11 is 0. The zero-order valence-electron chi connectivity index (χ0n) is 23.2. The van der Waals surface area contributed by atoms with E-state index in [4.69, 9.17) is 9.47 Å². The fourth-order valence-corrected chi connectivity index (χ4v) is 5.98. The van der Waals surface area contributed by atoms with Gasteiger partial charge in [0, 0.05) is 34.2 Å². The number of carbonyl (C=O) groups is 1. The van der Waals surface area contributed by atoms with Crippen molar-refractivity contribution in [2.45, 2.75) is 32.4 Å². The molecule has 41 heavy (non-hydrogen) atoms. The van der Waals surface area contributed by atoms with Gasteiger partial charge in [0.1, 0.15) is 11.5 Å². The van der Waals surface area contributed by atoms with Crippen LogP contribution in [-0.2, 0) is 10.3 Å². The molecule has 0 radical (unpaired) electrons. The molecule has 2 heterocycles. The van der Waals surface area contributed by atoms with E-state index in [0.717, 1.165) is 44.9 Å². The number of rotatable bonds is 5. The topological polar surface area (TPSA) is 59.6 Å². The van der Waals surface area contributed by atoms with Crippen molar-refractivity contribution in [3.8, 4) is 11.5 Å². The largest absolute Gasteiger partial charge is 0.456 e. The molecule has 5 nitrogen and oxygen atoms in total. The number of aryl methyl sites for hydroxylation is 2. The number of carbonyl (C=O) groups excluding carboxylic acids is 1. The maximum absolute atomic E-state index is 13.5. The number of hydrogen-bond acceptors (Lipinski definition) is 5. The van der Waals surface area contributed by atoms with Gasteiger partial charge in [-0.3, -0.25) is 0 Å². The second-order valence-electron chi connectivity index (χ2n) is 10.8. The minimum atomic E-state index is -1.19. The molecule has 5 aromatic rings. The third kappa shape index (κ3) is 4.04. The first kappa shape index (κ1) is 25.0. The van der Waals surface area contributed by atoms with Gasteiger partial charge in [-0.1, -0.05) is 72.3 Å². The molecule has 0 bridgehead atoms. The summed E-state index contributed by atoms with van der Waals surface area (Å²) in [4.78, 5) is 13.5. The molecule has 0 amide bonds. The smallest absolute Gasteiger partial charge is 0.340 e. The molecule has 1 spiro atoms. The molecule has 5 aromatic carbocycles. The number of fused-ring (bicyclic) bond motifs is 6. The molecule has 2 atom stereocenters. The minimum Gasteiger partial charge on any atom is -0.456 e. The van der Waals surface area contributed by atoms with E-state index in [1.807, 2.05) is 85.8 Å². The lowest BCUT2D eigenvalue weighted by Crippen LogP contribution is -2.34. The molecule has 0 saturated heterocycles. The van der Waals surface area contributed by atoms with E-state index in [-0.39, 0.29) is 12.0 Å². The molecule has 202 valence electrons. The van der Waals surface area contributed by atoms with Gasteiger partial charge in [0.05, 0.1) is 11.1 Å². The van der Waals surface area contributed by atoms with E-state index >= 15 is 0 Å². The fourth-order valence-electron chi connectivity index (χ4n) is 5.98. The maximum Gasteiger partial charge on any atom is 0.340 e. The lowest BCUT2D eigenvalue weighted by molar-refractivity contribution is 0.0227. The van der Waals surface area contributed by atoms with Crippen LogP contribution >= 0.6 is 0 Å². The molecule has 0 saturated carbocycles. The number of ether oxygens (including phenoxy) is 2. The Labute approximate surface area is 239 Å². The highest BCUT2D eigenvalue weighted by atomic mass is 16.6. The van der Waals surface area contributed by atoms with Gasteiger partial charge in [0.15, 0.2) is 5.60 Å². The molecule has 2 aliphatic heterocycles. The fraction of sp³-hybridized carbons (Fsp3) is 0.139. The first-order chi connectivity index (χ1) is 19.9. The van der Waals surface area contributed by atoms with Crippen LogP contribution in [0.15, 0.2) is 109 Å². The van der Waals surface area contributed by atoms with Gasteiger partial charge in [-0.25, -0.2) is 4.79 Å². The molecule has 2 N–H and O–H groups in total. The van der Waals surface area contributed by atoms with E-state index in [1.165, 1.54) is 5.56 Å². The van der Waals surface area contributed by atoms with Crippen molar-refractivity contribution in [2.75, 3.05) is 10.6 Å². The summed E-state index contributed by atoms with van der Waals surface area (Å²) in [6.45, 7) is 6.27. The minimum absolute atomic E-state index is 0.00113. The van der Waals surface area contributed by atoms with Gasteiger partial charge in [0.2, 0.25) is 0 Å². The van der Waals surface area contributed by atoms with E-state index in [2.05, 4.69) is 54.8 Å². The summed E-state index contributed by atoms with van der Waals surface area (Å²) in [6, 6.07) is 36.3. The Hall–Kier alpha value is -5.03. The SMILES string of the molecule is Cc1ccc(C(C)Nc2cccc3c2C2(OC(=O)c4ccccc42)c2cc(Nc4ccccc4)c(C)cc2O3)cc1. The van der Waals surface area contributed by atoms with Crippen molar-refractivity contribution in [1.82, 2.24) is 0 Å². The number of hydrogen-bond donors (Lipinski definition) is 2. The predicted molar refractivity (Wildman–Crippen MR) is 162 cm³/mol. The summed E-state index contributed by atoms with van der Waals surface area (Å²) in [7, 11) is 0. The van der Waals surface area contributed by atoms with E-state index in [1.54, 1.807) is 0 Å². The van der Waals surface area contributed by atoms with Crippen molar-refractivity contribution in [3.63, 3.8) is 0 Å². The van der Waals surface area contributed by atoms with Crippen LogP contribution in [0.4, 0.5) is 17.1 Å². The lowest BCUT2D eigenvalue weighted by atomic mass is 9.76. The van der Waals surface area contributed by atoms with Crippen molar-refractivity contribution < 1.29 is 14.3 Å². The molecule has 0 aliphatic carbocycles. The third-order valence-electron chi connectivity index (χ3n) is 8.08. The average Bonchev–Trinajstić information content (AvgIpc) is 3.27. The molecular weight excluding hydrogens is 508 g/mol. The first-order valence-electron chi connectivity index (χ1n) is 13.9. The van der Waals surface area contributed by atoms with Crippen LogP contribution < -0.4 is 15.4 Å². The van der Waals surface area contributed by atoms with Crippen molar-refractivity contribution in [3.05, 3.63) is 148 Å². The summed E-state index contributed by atoms with van der Waals surface area (Å²) in [5.41, 5.74) is 7.89. The Morgan fingerprint density at radius 3 is 2.29 bits per heavy atom. The Morgan fingerprint density at radius 2 is 1.49 bits per heavy atom. The second kappa shape index (κ2) is 9.56. The number of benzene rings is 5. The molecular formula is C36H30N2O3. The average molecular weight is 539 g/mol. The summed E-state index contributed by atoms with van der Waals surface area (Å²) in [5, 5.41) is 7.26. The highest BCUT2D eigenvalue weighted by Crippen LogP contribution is 2.59. The van der Waals surface area contributed by atoms with Crippen molar-refractivity contribution >= 4 is 23.0 Å². The van der Waals surface area contributed by atoms with E-state index in [0.29, 0.717) is 17.1 Å². The van der Waals surface area contributed by atoms with Gasteiger partial charge in [-0.15, -0.1) is 0 Å². The van der Waals surface area contributed by atoms with Crippen molar-refractivity contribution in [2.24, 2.45) is 0 Å². The maximum atomic E-state index is 13.5. The number of anilines is 3. The highest BCUT2D eigenvalue weighted by molar-refractivity contribution is 5.97. The van der Waals surface area contributed by atoms with Gasteiger partial charge >= 0.3 is 5.97 Å². The number of esters is 1. The Kier molecular flexibility index (Phi) is 5.82.